The topological polar surface area (TPSA) is 137 Å². The Morgan fingerprint density at radius 1 is 0.306 bits per heavy atom. The van der Waals surface area contributed by atoms with Crippen molar-refractivity contribution in [3.8, 4) is 0 Å². The molecule has 5 N–H and O–H groups in total. The second-order valence-electron chi connectivity index (χ2n) is 32.4. The molecule has 1 rings (SSSR count). The van der Waals surface area contributed by atoms with E-state index >= 15 is 0 Å². The Morgan fingerprint density at radius 2 is 0.551 bits per heavy atom. The smallest absolute Gasteiger partial charge is 0.245 e. The SMILES string of the molecule is CCCCCCCCCCCCCC(C)CN(CCCCC1NC(=O)C(CCCCN(CC(O)CCCCCCCCCCCCC)CC(O)CCCCCCCCCCCCC)N(CC(O)CCCCCCCCCCCCC)C1=O)CC(O)CCCCCCCCCCCCC. The van der Waals surface area contributed by atoms with E-state index in [4.69, 9.17) is 0 Å². The Bertz CT molecular complexity index is 1570. The average molecular weight is 1390 g/mol. The summed E-state index contributed by atoms with van der Waals surface area (Å²) in [5.41, 5.74) is 0. The van der Waals surface area contributed by atoms with E-state index in [0.29, 0.717) is 44.8 Å². The van der Waals surface area contributed by atoms with E-state index in [-0.39, 0.29) is 24.5 Å². The van der Waals surface area contributed by atoms with E-state index in [2.05, 4.69) is 56.7 Å². The van der Waals surface area contributed by atoms with Gasteiger partial charge in [-0.05, 0) is 89.6 Å². The predicted octanol–water partition coefficient (Wildman–Crippen LogP) is 24.2. The van der Waals surface area contributed by atoms with Crippen molar-refractivity contribution in [2.75, 3.05) is 45.8 Å². The Morgan fingerprint density at radius 3 is 0.847 bits per heavy atom. The van der Waals surface area contributed by atoms with E-state index in [1.54, 1.807) is 4.90 Å². The quantitative estimate of drug-likeness (QED) is 0.0380. The highest BCUT2D eigenvalue weighted by Crippen LogP contribution is 2.25. The molecule has 2 amide bonds. The molecule has 0 aromatic rings. The lowest BCUT2D eigenvalue weighted by Gasteiger charge is -2.40. The maximum absolute atomic E-state index is 14.8. The fourth-order valence-corrected chi connectivity index (χ4v) is 15.7. The highest BCUT2D eigenvalue weighted by molar-refractivity contribution is 5.97. The first-order valence-electron chi connectivity index (χ1n) is 44.8. The molecule has 98 heavy (non-hydrogen) atoms. The third-order valence-electron chi connectivity index (χ3n) is 22.2. The number of carbonyl (C=O) groups is 2. The molecule has 1 fully saturated rings. The average Bonchev–Trinajstić information content (AvgIpc) is 0.807. The standard InChI is InChI=1S/C88H176N4O6/c1-7-12-17-22-27-32-37-42-47-52-57-66-80(6)75-90(76-81(93)67-58-53-48-43-38-33-28-23-18-13-8-2)73-64-62-71-85-88(98)92(79-84(96)70-61-56-51-46-41-36-31-26-21-16-11-5)86(87(97)89-85)72-63-65-74-91(77-82(94)68-59-54-49-44-39-34-29-24-19-14-9-3)78-83(95)69-60-55-50-45-40-35-30-25-20-15-10-4/h80-86,93-96H,7-79H2,1-6H3,(H,89,97). The molecule has 1 saturated heterocycles. The van der Waals surface area contributed by atoms with Gasteiger partial charge in [-0.1, -0.05) is 395 Å². The largest absolute Gasteiger partial charge is 0.392 e. The maximum atomic E-state index is 14.8. The van der Waals surface area contributed by atoms with Gasteiger partial charge in [0, 0.05) is 32.7 Å². The van der Waals surface area contributed by atoms with E-state index in [1.165, 1.54) is 315 Å². The fraction of sp³-hybridized carbons (Fsp3) is 0.977. The van der Waals surface area contributed by atoms with Gasteiger partial charge in [-0.15, -0.1) is 0 Å². The van der Waals surface area contributed by atoms with Crippen molar-refractivity contribution in [2.24, 2.45) is 5.92 Å². The minimum atomic E-state index is -0.678. The van der Waals surface area contributed by atoms with Crippen molar-refractivity contribution in [3.05, 3.63) is 0 Å². The predicted molar refractivity (Wildman–Crippen MR) is 427 cm³/mol. The zero-order valence-corrected chi connectivity index (χ0v) is 67.1. The van der Waals surface area contributed by atoms with Crippen molar-refractivity contribution < 1.29 is 30.0 Å². The molecule has 584 valence electrons. The maximum Gasteiger partial charge on any atom is 0.245 e. The van der Waals surface area contributed by atoms with Gasteiger partial charge in [-0.3, -0.25) is 14.5 Å². The number of piperazine rings is 1. The summed E-state index contributed by atoms with van der Waals surface area (Å²) >= 11 is 0. The van der Waals surface area contributed by atoms with Gasteiger partial charge >= 0.3 is 0 Å². The normalized spacial score (nSPS) is 16.1. The van der Waals surface area contributed by atoms with Gasteiger partial charge in [0.15, 0.2) is 0 Å². The van der Waals surface area contributed by atoms with Gasteiger partial charge in [-0.25, -0.2) is 0 Å². The van der Waals surface area contributed by atoms with Crippen molar-refractivity contribution in [1.29, 1.82) is 0 Å². The summed E-state index contributed by atoms with van der Waals surface area (Å²) in [5.74, 6) is 0.407. The summed E-state index contributed by atoms with van der Waals surface area (Å²) < 4.78 is 0. The Balaban J connectivity index is 3.08. The van der Waals surface area contributed by atoms with E-state index < -0.39 is 30.4 Å². The van der Waals surface area contributed by atoms with Gasteiger partial charge in [0.1, 0.15) is 12.1 Å². The molecular formula is C88H176N4O6. The molecule has 0 spiro atoms. The van der Waals surface area contributed by atoms with Crippen LogP contribution in [0.5, 0.6) is 0 Å². The number of β-amino-alcohol motifs (C(OH)–C–C–N with tert-alkyl or cyclic N) is 1. The van der Waals surface area contributed by atoms with Crippen LogP contribution >= 0.6 is 0 Å². The monoisotopic (exact) mass is 1390 g/mol. The summed E-state index contributed by atoms with van der Waals surface area (Å²) in [5, 5.41) is 49.3. The number of nitrogens with zero attached hydrogens (tertiary/aromatic N) is 3. The highest BCUT2D eigenvalue weighted by Gasteiger charge is 2.40. The molecule has 7 unspecified atom stereocenters. The van der Waals surface area contributed by atoms with Crippen LogP contribution in [-0.4, -0.2) is 129 Å². The first-order valence-corrected chi connectivity index (χ1v) is 44.8. The van der Waals surface area contributed by atoms with Crippen molar-refractivity contribution in [1.82, 2.24) is 20.0 Å². The molecule has 0 aliphatic carbocycles. The molecular weight excluding hydrogens is 1210 g/mol. The zero-order valence-electron chi connectivity index (χ0n) is 67.1. The summed E-state index contributed by atoms with van der Waals surface area (Å²) in [4.78, 5) is 35.8. The third-order valence-corrected chi connectivity index (χ3v) is 22.2. The van der Waals surface area contributed by atoms with Crippen LogP contribution in [0, 0.1) is 5.92 Å². The molecule has 10 nitrogen and oxygen atoms in total. The van der Waals surface area contributed by atoms with Crippen LogP contribution in [0.1, 0.15) is 465 Å². The Kier molecular flexibility index (Phi) is 70.2. The minimum absolute atomic E-state index is 0.0508. The summed E-state index contributed by atoms with van der Waals surface area (Å²) in [6, 6.07) is -1.23. The first-order chi connectivity index (χ1) is 48.0. The minimum Gasteiger partial charge on any atom is -0.392 e. The van der Waals surface area contributed by atoms with Gasteiger partial charge in [0.2, 0.25) is 11.8 Å². The van der Waals surface area contributed by atoms with Crippen LogP contribution in [-0.2, 0) is 9.59 Å². The number of hydrogen-bond donors (Lipinski definition) is 5. The Labute approximate surface area is 612 Å². The molecule has 7 atom stereocenters. The number of hydrogen-bond acceptors (Lipinski definition) is 8. The number of amides is 2. The number of nitrogens with one attached hydrogen (secondary N) is 1. The molecule has 1 aliphatic heterocycles. The first kappa shape index (κ1) is 94.7. The molecule has 1 aliphatic rings. The number of carbonyl (C=O) groups excluding carboxylic acids is 2. The number of rotatable bonds is 80. The van der Waals surface area contributed by atoms with Crippen LogP contribution in [0.15, 0.2) is 0 Å². The van der Waals surface area contributed by atoms with Crippen molar-refractivity contribution >= 4 is 11.8 Å². The molecule has 1 heterocycles. The molecule has 0 saturated carbocycles. The van der Waals surface area contributed by atoms with Crippen LogP contribution in [0.4, 0.5) is 0 Å². The zero-order chi connectivity index (χ0) is 71.3. The fourth-order valence-electron chi connectivity index (χ4n) is 15.7. The molecule has 0 aromatic carbocycles. The summed E-state index contributed by atoms with van der Waals surface area (Å²) in [6.07, 6.45) is 78.0. The third kappa shape index (κ3) is 60.0. The number of aliphatic hydroxyl groups excluding tert-OH is 4. The van der Waals surface area contributed by atoms with Crippen molar-refractivity contribution in [2.45, 2.75) is 502 Å². The van der Waals surface area contributed by atoms with Gasteiger partial charge in [0.05, 0.1) is 24.4 Å². The molecule has 0 bridgehead atoms. The van der Waals surface area contributed by atoms with Crippen LogP contribution in [0.25, 0.3) is 0 Å². The van der Waals surface area contributed by atoms with Crippen LogP contribution in [0.3, 0.4) is 0 Å². The lowest BCUT2D eigenvalue weighted by molar-refractivity contribution is -0.151. The molecule has 0 radical (unpaired) electrons. The van der Waals surface area contributed by atoms with E-state index in [1.807, 2.05) is 0 Å². The summed E-state index contributed by atoms with van der Waals surface area (Å²) in [6.45, 7) is 18.4. The number of aliphatic hydroxyl groups is 4. The van der Waals surface area contributed by atoms with Gasteiger partial charge in [0.25, 0.3) is 0 Å². The van der Waals surface area contributed by atoms with Crippen molar-refractivity contribution in [3.63, 3.8) is 0 Å². The van der Waals surface area contributed by atoms with Crippen LogP contribution < -0.4 is 5.32 Å². The molecule has 0 aromatic heterocycles. The lowest BCUT2D eigenvalue weighted by Crippen LogP contribution is -2.64. The van der Waals surface area contributed by atoms with Crippen LogP contribution in [0.2, 0.25) is 0 Å². The van der Waals surface area contributed by atoms with E-state index in [0.717, 1.165) is 110 Å². The lowest BCUT2D eigenvalue weighted by atomic mass is 9.97. The second kappa shape index (κ2) is 72.6. The Hall–Kier alpha value is -1.30. The second-order valence-corrected chi connectivity index (χ2v) is 32.4. The molecule has 10 heteroatoms. The summed E-state index contributed by atoms with van der Waals surface area (Å²) in [7, 11) is 0. The number of unbranched alkanes of at least 4 members (excludes halogenated alkanes) is 52. The van der Waals surface area contributed by atoms with Gasteiger partial charge in [-0.2, -0.15) is 0 Å². The van der Waals surface area contributed by atoms with Gasteiger partial charge < -0.3 is 35.5 Å². The highest BCUT2D eigenvalue weighted by atomic mass is 16.3. The van der Waals surface area contributed by atoms with E-state index in [9.17, 15) is 30.0 Å².